The van der Waals surface area contributed by atoms with Gasteiger partial charge in [-0.15, -0.1) is 0 Å². The summed E-state index contributed by atoms with van der Waals surface area (Å²) >= 11 is 0. The Bertz CT molecular complexity index is 630. The summed E-state index contributed by atoms with van der Waals surface area (Å²) in [6.45, 7) is 2.25. The second kappa shape index (κ2) is 6.69. The number of carbonyl (C=O) groups excluding carboxylic acids is 1. The quantitative estimate of drug-likeness (QED) is 0.906. The standard InChI is InChI=1S/C15H17N3O3/c1-10-13(20-2)5-4-11(14(10)21-3)8-18-15(19)12-9-16-6-7-17-12/h4-7,9H,8H2,1-3H3,(H,18,19). The van der Waals surface area contributed by atoms with Gasteiger partial charge in [-0.25, -0.2) is 4.98 Å². The molecular formula is C15H17N3O3. The van der Waals surface area contributed by atoms with Crippen molar-refractivity contribution in [3.05, 3.63) is 47.5 Å². The number of rotatable bonds is 5. The van der Waals surface area contributed by atoms with E-state index in [0.717, 1.165) is 16.9 Å². The summed E-state index contributed by atoms with van der Waals surface area (Å²) in [4.78, 5) is 19.8. The van der Waals surface area contributed by atoms with Crippen molar-refractivity contribution >= 4 is 5.91 Å². The Labute approximate surface area is 123 Å². The van der Waals surface area contributed by atoms with Crippen molar-refractivity contribution in [1.29, 1.82) is 0 Å². The molecule has 1 heterocycles. The zero-order valence-electron chi connectivity index (χ0n) is 12.2. The fraction of sp³-hybridized carbons (Fsp3) is 0.267. The number of methoxy groups -OCH3 is 2. The van der Waals surface area contributed by atoms with Gasteiger partial charge in [0.2, 0.25) is 0 Å². The fourth-order valence-corrected chi connectivity index (χ4v) is 2.06. The lowest BCUT2D eigenvalue weighted by Crippen LogP contribution is -2.24. The molecular weight excluding hydrogens is 270 g/mol. The van der Waals surface area contributed by atoms with Crippen LogP contribution < -0.4 is 14.8 Å². The first kappa shape index (κ1) is 14.8. The molecule has 0 bridgehead atoms. The van der Waals surface area contributed by atoms with Gasteiger partial charge in [0.1, 0.15) is 17.2 Å². The van der Waals surface area contributed by atoms with Crippen LogP contribution in [-0.2, 0) is 6.54 Å². The third kappa shape index (κ3) is 3.28. The van der Waals surface area contributed by atoms with Crippen LogP contribution in [0.1, 0.15) is 21.6 Å². The lowest BCUT2D eigenvalue weighted by Gasteiger charge is -2.14. The maximum atomic E-state index is 11.9. The molecule has 1 N–H and O–H groups in total. The van der Waals surface area contributed by atoms with Crippen molar-refractivity contribution in [2.75, 3.05) is 14.2 Å². The average Bonchev–Trinajstić information content (AvgIpc) is 2.53. The van der Waals surface area contributed by atoms with Crippen molar-refractivity contribution in [3.63, 3.8) is 0 Å². The molecule has 0 unspecified atom stereocenters. The van der Waals surface area contributed by atoms with Gasteiger partial charge < -0.3 is 14.8 Å². The topological polar surface area (TPSA) is 73.3 Å². The van der Waals surface area contributed by atoms with Gasteiger partial charge in [-0.05, 0) is 19.1 Å². The minimum atomic E-state index is -0.279. The number of aromatic nitrogens is 2. The molecule has 2 rings (SSSR count). The van der Waals surface area contributed by atoms with Gasteiger partial charge >= 0.3 is 0 Å². The number of carbonyl (C=O) groups is 1. The number of hydrogen-bond donors (Lipinski definition) is 1. The molecule has 0 aliphatic heterocycles. The van der Waals surface area contributed by atoms with Crippen LogP contribution in [0.3, 0.4) is 0 Å². The number of nitrogens with one attached hydrogen (secondary N) is 1. The molecule has 110 valence electrons. The maximum Gasteiger partial charge on any atom is 0.271 e. The van der Waals surface area contributed by atoms with E-state index >= 15 is 0 Å². The maximum absolute atomic E-state index is 11.9. The van der Waals surface area contributed by atoms with Crippen LogP contribution in [0.4, 0.5) is 0 Å². The number of nitrogens with zero attached hydrogens (tertiary/aromatic N) is 2. The summed E-state index contributed by atoms with van der Waals surface area (Å²) in [6, 6.07) is 3.71. The van der Waals surface area contributed by atoms with Crippen molar-refractivity contribution in [2.45, 2.75) is 13.5 Å². The second-order valence-electron chi connectivity index (χ2n) is 4.36. The monoisotopic (exact) mass is 287 g/mol. The molecule has 6 nitrogen and oxygen atoms in total. The molecule has 0 saturated carbocycles. The summed E-state index contributed by atoms with van der Waals surface area (Å²) in [5.41, 5.74) is 2.04. The Morgan fingerprint density at radius 3 is 2.67 bits per heavy atom. The highest BCUT2D eigenvalue weighted by atomic mass is 16.5. The molecule has 0 atom stereocenters. The predicted octanol–water partition coefficient (Wildman–Crippen LogP) is 1.73. The molecule has 0 aliphatic carbocycles. The van der Waals surface area contributed by atoms with Crippen LogP contribution in [0.2, 0.25) is 0 Å². The van der Waals surface area contributed by atoms with E-state index in [1.54, 1.807) is 14.2 Å². The van der Waals surface area contributed by atoms with Gasteiger partial charge in [0, 0.05) is 30.1 Å². The van der Waals surface area contributed by atoms with Gasteiger partial charge in [0.15, 0.2) is 0 Å². The average molecular weight is 287 g/mol. The van der Waals surface area contributed by atoms with Crippen LogP contribution in [-0.4, -0.2) is 30.1 Å². The number of benzene rings is 1. The van der Waals surface area contributed by atoms with E-state index in [1.165, 1.54) is 18.6 Å². The van der Waals surface area contributed by atoms with Crippen molar-refractivity contribution in [3.8, 4) is 11.5 Å². The largest absolute Gasteiger partial charge is 0.496 e. The van der Waals surface area contributed by atoms with Gasteiger partial charge in [-0.1, -0.05) is 0 Å². The van der Waals surface area contributed by atoms with Crippen molar-refractivity contribution in [2.24, 2.45) is 0 Å². The summed E-state index contributed by atoms with van der Waals surface area (Å²) in [5.74, 6) is 1.17. The minimum absolute atomic E-state index is 0.279. The molecule has 1 aromatic carbocycles. The van der Waals surface area contributed by atoms with E-state index in [2.05, 4.69) is 15.3 Å². The van der Waals surface area contributed by atoms with Crippen molar-refractivity contribution < 1.29 is 14.3 Å². The highest BCUT2D eigenvalue weighted by Crippen LogP contribution is 2.31. The first-order valence-electron chi connectivity index (χ1n) is 6.42. The highest BCUT2D eigenvalue weighted by Gasteiger charge is 2.13. The van der Waals surface area contributed by atoms with E-state index in [-0.39, 0.29) is 11.6 Å². The molecule has 1 aromatic heterocycles. The van der Waals surface area contributed by atoms with Crippen molar-refractivity contribution in [1.82, 2.24) is 15.3 Å². The normalized spacial score (nSPS) is 10.0. The van der Waals surface area contributed by atoms with Gasteiger partial charge in [-0.2, -0.15) is 0 Å². The lowest BCUT2D eigenvalue weighted by atomic mass is 10.1. The van der Waals surface area contributed by atoms with Crippen LogP contribution in [0.5, 0.6) is 11.5 Å². The highest BCUT2D eigenvalue weighted by molar-refractivity contribution is 5.91. The predicted molar refractivity (Wildman–Crippen MR) is 77.5 cm³/mol. The second-order valence-corrected chi connectivity index (χ2v) is 4.36. The smallest absolute Gasteiger partial charge is 0.271 e. The Morgan fingerprint density at radius 2 is 2.05 bits per heavy atom. The molecule has 2 aromatic rings. The molecule has 6 heteroatoms. The number of hydrogen-bond acceptors (Lipinski definition) is 5. The third-order valence-corrected chi connectivity index (χ3v) is 3.10. The van der Waals surface area contributed by atoms with Crippen LogP contribution in [0, 0.1) is 6.92 Å². The molecule has 0 radical (unpaired) electrons. The molecule has 0 saturated heterocycles. The Balaban J connectivity index is 2.13. The van der Waals surface area contributed by atoms with E-state index in [4.69, 9.17) is 9.47 Å². The van der Waals surface area contributed by atoms with E-state index in [9.17, 15) is 4.79 Å². The molecule has 21 heavy (non-hydrogen) atoms. The number of ether oxygens (including phenoxy) is 2. The van der Waals surface area contributed by atoms with Crippen LogP contribution in [0.15, 0.2) is 30.7 Å². The Kier molecular flexibility index (Phi) is 4.71. The summed E-state index contributed by atoms with van der Waals surface area (Å²) in [5, 5.41) is 2.79. The fourth-order valence-electron chi connectivity index (χ4n) is 2.06. The van der Waals surface area contributed by atoms with E-state index in [1.807, 2.05) is 19.1 Å². The lowest BCUT2D eigenvalue weighted by molar-refractivity contribution is 0.0945. The Hall–Kier alpha value is -2.63. The van der Waals surface area contributed by atoms with Gasteiger partial charge in [0.05, 0.1) is 20.4 Å². The number of amides is 1. The zero-order chi connectivity index (χ0) is 15.2. The molecule has 0 spiro atoms. The summed E-state index contributed by atoms with van der Waals surface area (Å²) in [7, 11) is 3.20. The van der Waals surface area contributed by atoms with Crippen LogP contribution >= 0.6 is 0 Å². The van der Waals surface area contributed by atoms with Gasteiger partial charge in [-0.3, -0.25) is 9.78 Å². The van der Waals surface area contributed by atoms with E-state index < -0.39 is 0 Å². The van der Waals surface area contributed by atoms with Crippen LogP contribution in [0.25, 0.3) is 0 Å². The molecule has 0 fully saturated rings. The summed E-state index contributed by atoms with van der Waals surface area (Å²) < 4.78 is 10.6. The van der Waals surface area contributed by atoms with Gasteiger partial charge in [0.25, 0.3) is 5.91 Å². The molecule has 0 aliphatic rings. The zero-order valence-corrected chi connectivity index (χ0v) is 12.2. The first-order chi connectivity index (χ1) is 10.2. The first-order valence-corrected chi connectivity index (χ1v) is 6.42. The summed E-state index contributed by atoms with van der Waals surface area (Å²) in [6.07, 6.45) is 4.42. The SMILES string of the molecule is COc1ccc(CNC(=O)c2cnccn2)c(OC)c1C. The minimum Gasteiger partial charge on any atom is -0.496 e. The Morgan fingerprint density at radius 1 is 1.24 bits per heavy atom. The third-order valence-electron chi connectivity index (χ3n) is 3.10. The van der Waals surface area contributed by atoms with E-state index in [0.29, 0.717) is 12.3 Å². The molecule has 1 amide bonds.